The van der Waals surface area contributed by atoms with E-state index in [0.717, 1.165) is 10.0 Å². The summed E-state index contributed by atoms with van der Waals surface area (Å²) >= 11 is 3.35. The van der Waals surface area contributed by atoms with Gasteiger partial charge in [-0.1, -0.05) is 15.9 Å². The van der Waals surface area contributed by atoms with E-state index in [1.807, 2.05) is 6.92 Å². The molecule has 3 N–H and O–H groups in total. The van der Waals surface area contributed by atoms with Crippen LogP contribution in [0.4, 0.5) is 5.69 Å². The third kappa shape index (κ3) is 2.91. The highest BCUT2D eigenvalue weighted by Crippen LogP contribution is 2.25. The number of carbonyl (C=O) groups is 1. The van der Waals surface area contributed by atoms with E-state index in [9.17, 15) is 9.90 Å². The Morgan fingerprint density at radius 1 is 1.63 bits per heavy atom. The van der Waals surface area contributed by atoms with Crippen molar-refractivity contribution in [3.8, 4) is 0 Å². The van der Waals surface area contributed by atoms with Crippen LogP contribution in [0.1, 0.15) is 15.9 Å². The maximum absolute atomic E-state index is 12.6. The van der Waals surface area contributed by atoms with E-state index in [4.69, 9.17) is 10.5 Å². The number of anilines is 1. The third-order valence-corrected chi connectivity index (χ3v) is 3.80. The van der Waals surface area contributed by atoms with E-state index in [0.29, 0.717) is 31.0 Å². The number of aliphatic hydroxyl groups excluding tert-OH is 1. The molecule has 1 unspecified atom stereocenters. The molecule has 2 rings (SSSR count). The maximum atomic E-state index is 12.6. The van der Waals surface area contributed by atoms with Gasteiger partial charge in [-0.3, -0.25) is 4.79 Å². The normalized spacial score (nSPS) is 19.5. The number of nitrogen functional groups attached to an aromatic ring is 1. The number of nitrogens with zero attached hydrogens (tertiary/aromatic N) is 1. The lowest BCUT2D eigenvalue weighted by molar-refractivity contribution is -0.0184. The summed E-state index contributed by atoms with van der Waals surface area (Å²) < 4.78 is 6.05. The predicted molar refractivity (Wildman–Crippen MR) is 76.0 cm³/mol. The van der Waals surface area contributed by atoms with Crippen molar-refractivity contribution in [3.05, 3.63) is 27.7 Å². The summed E-state index contributed by atoms with van der Waals surface area (Å²) in [4.78, 5) is 14.2. The minimum Gasteiger partial charge on any atom is -0.398 e. The number of morpholine rings is 1. The Labute approximate surface area is 120 Å². The van der Waals surface area contributed by atoms with E-state index >= 15 is 0 Å². The first-order valence-corrected chi connectivity index (χ1v) is 6.89. The smallest absolute Gasteiger partial charge is 0.254 e. The van der Waals surface area contributed by atoms with Gasteiger partial charge < -0.3 is 20.5 Å². The highest BCUT2D eigenvalue weighted by molar-refractivity contribution is 9.10. The van der Waals surface area contributed by atoms with Crippen LogP contribution in [0.25, 0.3) is 0 Å². The molecule has 104 valence electrons. The first-order valence-electron chi connectivity index (χ1n) is 6.09. The molecule has 6 heteroatoms. The van der Waals surface area contributed by atoms with Crippen LogP contribution in [0, 0.1) is 6.92 Å². The van der Waals surface area contributed by atoms with Crippen LogP contribution >= 0.6 is 15.9 Å². The van der Waals surface area contributed by atoms with Gasteiger partial charge in [0.05, 0.1) is 25.9 Å². The van der Waals surface area contributed by atoms with Gasteiger partial charge in [-0.25, -0.2) is 0 Å². The second-order valence-electron chi connectivity index (χ2n) is 4.58. The fourth-order valence-electron chi connectivity index (χ4n) is 2.15. The van der Waals surface area contributed by atoms with Crippen molar-refractivity contribution in [2.24, 2.45) is 0 Å². The van der Waals surface area contributed by atoms with Gasteiger partial charge in [0.1, 0.15) is 0 Å². The van der Waals surface area contributed by atoms with Crippen LogP contribution < -0.4 is 5.73 Å². The maximum Gasteiger partial charge on any atom is 0.254 e. The minimum atomic E-state index is -0.291. The Hall–Kier alpha value is -1.11. The van der Waals surface area contributed by atoms with Crippen molar-refractivity contribution in [1.29, 1.82) is 0 Å². The van der Waals surface area contributed by atoms with Crippen LogP contribution in [0.5, 0.6) is 0 Å². The Balaban J connectivity index is 2.33. The zero-order valence-electron chi connectivity index (χ0n) is 10.7. The quantitative estimate of drug-likeness (QED) is 0.799. The number of nitrogens with two attached hydrogens (primary N) is 1. The summed E-state index contributed by atoms with van der Waals surface area (Å²) in [6.45, 7) is 3.06. The molecule has 1 aromatic carbocycles. The zero-order valence-corrected chi connectivity index (χ0v) is 12.3. The summed E-state index contributed by atoms with van der Waals surface area (Å²) in [7, 11) is 0. The Morgan fingerprint density at radius 2 is 2.37 bits per heavy atom. The summed E-state index contributed by atoms with van der Waals surface area (Å²) in [6, 6.07) is 3.24. The molecule has 0 bridgehead atoms. The van der Waals surface area contributed by atoms with Crippen molar-refractivity contribution >= 4 is 27.5 Å². The molecule has 0 aliphatic carbocycles. The van der Waals surface area contributed by atoms with Gasteiger partial charge in [-0.05, 0) is 24.6 Å². The van der Waals surface area contributed by atoms with Gasteiger partial charge in [0.25, 0.3) is 5.91 Å². The Bertz CT molecular complexity index is 493. The molecule has 1 aliphatic heterocycles. The van der Waals surface area contributed by atoms with Crippen LogP contribution in [0.3, 0.4) is 0 Å². The standard InChI is InChI=1S/C13H17BrN2O3/c1-8-11(4-9(14)5-12(8)15)13(18)16-2-3-19-7-10(16)6-17/h4-5,10,17H,2-3,6-7,15H2,1H3. The largest absolute Gasteiger partial charge is 0.398 e. The van der Waals surface area contributed by atoms with Gasteiger partial charge in [0.15, 0.2) is 0 Å². The fourth-order valence-corrected chi connectivity index (χ4v) is 2.63. The van der Waals surface area contributed by atoms with Crippen LogP contribution in [-0.4, -0.2) is 48.3 Å². The average Bonchev–Trinajstić information content (AvgIpc) is 2.42. The number of ether oxygens (including phenoxy) is 1. The lowest BCUT2D eigenvalue weighted by atomic mass is 10.0. The molecule has 1 saturated heterocycles. The van der Waals surface area contributed by atoms with Crippen LogP contribution in [0.15, 0.2) is 16.6 Å². The van der Waals surface area contributed by atoms with Gasteiger partial charge in [0, 0.05) is 22.3 Å². The van der Waals surface area contributed by atoms with Gasteiger partial charge in [-0.15, -0.1) is 0 Å². The highest BCUT2D eigenvalue weighted by Gasteiger charge is 2.28. The second-order valence-corrected chi connectivity index (χ2v) is 5.49. The highest BCUT2D eigenvalue weighted by atomic mass is 79.9. The van der Waals surface area contributed by atoms with Crippen molar-refractivity contribution in [1.82, 2.24) is 4.90 Å². The zero-order chi connectivity index (χ0) is 14.0. The van der Waals surface area contributed by atoms with Gasteiger partial charge in [0.2, 0.25) is 0 Å². The lowest BCUT2D eigenvalue weighted by Gasteiger charge is -2.35. The summed E-state index contributed by atoms with van der Waals surface area (Å²) in [5.41, 5.74) is 7.78. The van der Waals surface area contributed by atoms with E-state index in [2.05, 4.69) is 15.9 Å². The molecule has 19 heavy (non-hydrogen) atoms. The molecule has 1 amide bonds. The van der Waals surface area contributed by atoms with Crippen molar-refractivity contribution < 1.29 is 14.6 Å². The molecular weight excluding hydrogens is 312 g/mol. The molecule has 0 saturated carbocycles. The number of rotatable bonds is 2. The van der Waals surface area contributed by atoms with Crippen LogP contribution in [0.2, 0.25) is 0 Å². The molecule has 5 nitrogen and oxygen atoms in total. The minimum absolute atomic E-state index is 0.103. The number of amides is 1. The first-order chi connectivity index (χ1) is 9.04. The van der Waals surface area contributed by atoms with Crippen molar-refractivity contribution in [2.45, 2.75) is 13.0 Å². The van der Waals surface area contributed by atoms with Crippen molar-refractivity contribution in [3.63, 3.8) is 0 Å². The molecular formula is C13H17BrN2O3. The molecule has 0 radical (unpaired) electrons. The van der Waals surface area contributed by atoms with Crippen LogP contribution in [-0.2, 0) is 4.74 Å². The van der Waals surface area contributed by atoms with E-state index in [1.165, 1.54) is 0 Å². The van der Waals surface area contributed by atoms with Gasteiger partial charge in [-0.2, -0.15) is 0 Å². The van der Waals surface area contributed by atoms with E-state index < -0.39 is 0 Å². The SMILES string of the molecule is Cc1c(N)cc(Br)cc1C(=O)N1CCOCC1CO. The molecule has 1 heterocycles. The summed E-state index contributed by atoms with van der Waals surface area (Å²) in [5.74, 6) is -0.118. The number of halogens is 1. The van der Waals surface area contributed by atoms with E-state index in [1.54, 1.807) is 17.0 Å². The average molecular weight is 329 g/mol. The lowest BCUT2D eigenvalue weighted by Crippen LogP contribution is -2.50. The van der Waals surface area contributed by atoms with Crippen molar-refractivity contribution in [2.75, 3.05) is 32.1 Å². The number of hydrogen-bond donors (Lipinski definition) is 2. The Kier molecular flexibility index (Phi) is 4.44. The molecule has 1 atom stereocenters. The first kappa shape index (κ1) is 14.3. The predicted octanol–water partition coefficient (Wildman–Crippen LogP) is 1.17. The number of benzene rings is 1. The fraction of sp³-hybridized carbons (Fsp3) is 0.462. The monoisotopic (exact) mass is 328 g/mol. The summed E-state index contributed by atoms with van der Waals surface area (Å²) in [6.07, 6.45) is 0. The van der Waals surface area contributed by atoms with E-state index in [-0.39, 0.29) is 18.6 Å². The molecule has 0 aromatic heterocycles. The molecule has 0 spiro atoms. The number of aliphatic hydroxyl groups is 1. The number of hydrogen-bond acceptors (Lipinski definition) is 4. The molecule has 1 fully saturated rings. The van der Waals surface area contributed by atoms with Gasteiger partial charge >= 0.3 is 0 Å². The topological polar surface area (TPSA) is 75.8 Å². The molecule has 1 aliphatic rings. The second kappa shape index (κ2) is 5.90. The third-order valence-electron chi connectivity index (χ3n) is 3.34. The number of carbonyl (C=O) groups excluding carboxylic acids is 1. The Morgan fingerprint density at radius 3 is 3.05 bits per heavy atom. The summed E-state index contributed by atoms with van der Waals surface area (Å²) in [5, 5.41) is 9.33. The molecule has 1 aromatic rings.